The molecular weight excluding hydrogens is 228 g/mol. The maximum Gasteiger partial charge on any atom is 0.223 e. The van der Waals surface area contributed by atoms with Crippen molar-refractivity contribution in [1.29, 1.82) is 0 Å². The third-order valence-corrected chi connectivity index (χ3v) is 3.60. The molecule has 1 aliphatic rings. The lowest BCUT2D eigenvalue weighted by molar-refractivity contribution is -0.131. The van der Waals surface area contributed by atoms with Gasteiger partial charge in [-0.1, -0.05) is 6.42 Å². The van der Waals surface area contributed by atoms with Gasteiger partial charge in [-0.25, -0.2) is 0 Å². The van der Waals surface area contributed by atoms with Crippen LogP contribution >= 0.6 is 0 Å². The van der Waals surface area contributed by atoms with Gasteiger partial charge in [0.05, 0.1) is 18.4 Å². The SMILES string of the molecule is CN(Cc1cnccn1)C(=O)C[C@@H]1CCC[C@H]1N. The van der Waals surface area contributed by atoms with E-state index >= 15 is 0 Å². The van der Waals surface area contributed by atoms with E-state index in [0.29, 0.717) is 18.9 Å². The van der Waals surface area contributed by atoms with Crippen LogP contribution in [-0.2, 0) is 11.3 Å². The van der Waals surface area contributed by atoms with E-state index in [1.807, 2.05) is 0 Å². The lowest BCUT2D eigenvalue weighted by Gasteiger charge is -2.20. The van der Waals surface area contributed by atoms with E-state index in [0.717, 1.165) is 25.0 Å². The van der Waals surface area contributed by atoms with Gasteiger partial charge < -0.3 is 10.6 Å². The Morgan fingerprint density at radius 2 is 2.33 bits per heavy atom. The number of carbonyl (C=O) groups is 1. The molecule has 1 aromatic rings. The molecule has 5 heteroatoms. The van der Waals surface area contributed by atoms with Gasteiger partial charge in [0.1, 0.15) is 0 Å². The molecule has 0 spiro atoms. The Balaban J connectivity index is 1.85. The number of hydrogen-bond donors (Lipinski definition) is 1. The normalized spacial score (nSPS) is 23.0. The van der Waals surface area contributed by atoms with E-state index < -0.39 is 0 Å². The Hall–Kier alpha value is -1.49. The first kappa shape index (κ1) is 13.0. The summed E-state index contributed by atoms with van der Waals surface area (Å²) < 4.78 is 0. The van der Waals surface area contributed by atoms with Crippen molar-refractivity contribution in [3.63, 3.8) is 0 Å². The predicted molar refractivity (Wildman–Crippen MR) is 68.4 cm³/mol. The molecule has 98 valence electrons. The molecule has 2 atom stereocenters. The zero-order chi connectivity index (χ0) is 13.0. The van der Waals surface area contributed by atoms with Gasteiger partial charge >= 0.3 is 0 Å². The number of rotatable bonds is 4. The van der Waals surface area contributed by atoms with E-state index in [4.69, 9.17) is 5.73 Å². The van der Waals surface area contributed by atoms with Crippen LogP contribution in [0.1, 0.15) is 31.4 Å². The maximum atomic E-state index is 12.1. The molecule has 18 heavy (non-hydrogen) atoms. The molecule has 1 amide bonds. The Labute approximate surface area is 107 Å². The van der Waals surface area contributed by atoms with Crippen molar-refractivity contribution in [2.75, 3.05) is 7.05 Å². The summed E-state index contributed by atoms with van der Waals surface area (Å²) in [6.45, 7) is 0.509. The zero-order valence-corrected chi connectivity index (χ0v) is 10.7. The summed E-state index contributed by atoms with van der Waals surface area (Å²) in [5.74, 6) is 0.491. The first-order valence-corrected chi connectivity index (χ1v) is 6.41. The summed E-state index contributed by atoms with van der Waals surface area (Å²) in [6, 6.07) is 0.193. The van der Waals surface area contributed by atoms with Crippen LogP contribution in [0.5, 0.6) is 0 Å². The summed E-state index contributed by atoms with van der Waals surface area (Å²) in [4.78, 5) is 21.9. The van der Waals surface area contributed by atoms with E-state index in [1.165, 1.54) is 0 Å². The van der Waals surface area contributed by atoms with Crippen LogP contribution in [0.2, 0.25) is 0 Å². The fourth-order valence-corrected chi connectivity index (χ4v) is 2.44. The number of nitrogens with zero attached hydrogens (tertiary/aromatic N) is 3. The quantitative estimate of drug-likeness (QED) is 0.861. The average Bonchev–Trinajstić information content (AvgIpc) is 2.76. The number of aromatic nitrogens is 2. The zero-order valence-electron chi connectivity index (χ0n) is 10.7. The van der Waals surface area contributed by atoms with Crippen molar-refractivity contribution in [2.24, 2.45) is 11.7 Å². The minimum absolute atomic E-state index is 0.142. The highest BCUT2D eigenvalue weighted by Gasteiger charge is 2.27. The fraction of sp³-hybridized carbons (Fsp3) is 0.615. The van der Waals surface area contributed by atoms with Crippen molar-refractivity contribution in [2.45, 2.75) is 38.3 Å². The summed E-state index contributed by atoms with van der Waals surface area (Å²) >= 11 is 0. The molecular formula is C13H20N4O. The highest BCUT2D eigenvalue weighted by molar-refractivity contribution is 5.76. The molecule has 0 saturated heterocycles. The molecule has 1 fully saturated rings. The van der Waals surface area contributed by atoms with Crippen LogP contribution in [0.25, 0.3) is 0 Å². The van der Waals surface area contributed by atoms with Crippen molar-refractivity contribution in [3.8, 4) is 0 Å². The first-order chi connectivity index (χ1) is 8.66. The molecule has 0 unspecified atom stereocenters. The van der Waals surface area contributed by atoms with Crippen LogP contribution in [0.4, 0.5) is 0 Å². The molecule has 1 saturated carbocycles. The van der Waals surface area contributed by atoms with E-state index in [1.54, 1.807) is 30.5 Å². The summed E-state index contributed by atoms with van der Waals surface area (Å²) in [6.07, 6.45) is 8.77. The monoisotopic (exact) mass is 248 g/mol. The minimum Gasteiger partial charge on any atom is -0.340 e. The Bertz CT molecular complexity index is 395. The van der Waals surface area contributed by atoms with E-state index in [9.17, 15) is 4.79 Å². The number of hydrogen-bond acceptors (Lipinski definition) is 4. The molecule has 1 aliphatic carbocycles. The third kappa shape index (κ3) is 3.26. The highest BCUT2D eigenvalue weighted by atomic mass is 16.2. The van der Waals surface area contributed by atoms with Gasteiger partial charge in [0.15, 0.2) is 0 Å². The van der Waals surface area contributed by atoms with Crippen LogP contribution in [0.3, 0.4) is 0 Å². The van der Waals surface area contributed by atoms with Gasteiger partial charge in [0, 0.05) is 31.9 Å². The second-order valence-corrected chi connectivity index (χ2v) is 5.01. The van der Waals surface area contributed by atoms with Gasteiger partial charge in [-0.2, -0.15) is 0 Å². The molecule has 0 aromatic carbocycles. The smallest absolute Gasteiger partial charge is 0.223 e. The van der Waals surface area contributed by atoms with Gasteiger partial charge in [0.2, 0.25) is 5.91 Å². The number of nitrogens with two attached hydrogens (primary N) is 1. The summed E-state index contributed by atoms with van der Waals surface area (Å²) in [7, 11) is 1.80. The Morgan fingerprint density at radius 1 is 1.50 bits per heavy atom. The predicted octanol–water partition coefficient (Wildman–Crippen LogP) is 0.952. The van der Waals surface area contributed by atoms with Crippen LogP contribution in [-0.4, -0.2) is 33.9 Å². The number of carbonyl (C=O) groups excluding carboxylic acids is 1. The topological polar surface area (TPSA) is 72.1 Å². The van der Waals surface area contributed by atoms with Gasteiger partial charge in [0.25, 0.3) is 0 Å². The molecule has 1 aromatic heterocycles. The van der Waals surface area contributed by atoms with Gasteiger partial charge in [-0.05, 0) is 18.8 Å². The van der Waals surface area contributed by atoms with Crippen LogP contribution < -0.4 is 5.73 Å². The highest BCUT2D eigenvalue weighted by Crippen LogP contribution is 2.27. The van der Waals surface area contributed by atoms with Crippen molar-refractivity contribution in [1.82, 2.24) is 14.9 Å². The lowest BCUT2D eigenvalue weighted by Crippen LogP contribution is -2.32. The summed E-state index contributed by atoms with van der Waals surface area (Å²) in [5, 5.41) is 0. The largest absolute Gasteiger partial charge is 0.340 e. The first-order valence-electron chi connectivity index (χ1n) is 6.41. The Kier molecular flexibility index (Phi) is 4.25. The minimum atomic E-state index is 0.142. The van der Waals surface area contributed by atoms with E-state index in [2.05, 4.69) is 9.97 Å². The molecule has 0 aliphatic heterocycles. The molecule has 2 rings (SSSR count). The average molecular weight is 248 g/mol. The van der Waals surface area contributed by atoms with Gasteiger partial charge in [-0.15, -0.1) is 0 Å². The second-order valence-electron chi connectivity index (χ2n) is 5.01. The van der Waals surface area contributed by atoms with Crippen molar-refractivity contribution in [3.05, 3.63) is 24.3 Å². The summed E-state index contributed by atoms with van der Waals surface area (Å²) in [5.41, 5.74) is 6.80. The standard InChI is InChI=1S/C13H20N4O/c1-17(9-11-8-15-5-6-16-11)13(18)7-10-3-2-4-12(10)14/h5-6,8,10,12H,2-4,7,9,14H2,1H3/t10-,12+/m0/s1. The molecule has 5 nitrogen and oxygen atoms in total. The van der Waals surface area contributed by atoms with Gasteiger partial charge in [-0.3, -0.25) is 14.8 Å². The molecule has 0 radical (unpaired) electrons. The van der Waals surface area contributed by atoms with E-state index in [-0.39, 0.29) is 11.9 Å². The number of amides is 1. The fourth-order valence-electron chi connectivity index (χ4n) is 2.44. The third-order valence-electron chi connectivity index (χ3n) is 3.60. The molecule has 1 heterocycles. The molecule has 0 bridgehead atoms. The maximum absolute atomic E-state index is 12.1. The van der Waals surface area contributed by atoms with Crippen molar-refractivity contribution < 1.29 is 4.79 Å². The second kappa shape index (κ2) is 5.91. The van der Waals surface area contributed by atoms with Crippen LogP contribution in [0, 0.1) is 5.92 Å². The lowest BCUT2D eigenvalue weighted by atomic mass is 9.99. The Morgan fingerprint density at radius 3 is 2.94 bits per heavy atom. The van der Waals surface area contributed by atoms with Crippen molar-refractivity contribution >= 4 is 5.91 Å². The van der Waals surface area contributed by atoms with Crippen LogP contribution in [0.15, 0.2) is 18.6 Å². The molecule has 2 N–H and O–H groups in total.